The van der Waals surface area contributed by atoms with Gasteiger partial charge in [-0.2, -0.15) is 0 Å². The standard InChI is InChI=1S/C33H43FN6O4S/c1-20(2)35-25-16-27-32(44)38-12-8-22(9-13-38)30-36-26(21(3)45-30)17-28(41)37-33(18-29(42)40(27)19-25)10-14-39(15-11-33)31(43)23-4-6-24(34)7-5-23/h4-7,20,22,25,27,35H,8-19H2,1-3H3,(H,37,41)/t25-,27-/m0/s1. The molecular formula is C33H43FN6O4S. The quantitative estimate of drug-likeness (QED) is 0.535. The SMILES string of the molecule is Cc1sc2nc1CC(=O)NC1(CCN(C(=O)c3ccc(F)cc3)CC1)CC(=O)N1C[C@@H](NC(C)C)C[C@H]1C(=O)N1CCC2CC1. The van der Waals surface area contributed by atoms with E-state index in [1.54, 1.807) is 21.1 Å². The van der Waals surface area contributed by atoms with E-state index >= 15 is 0 Å². The van der Waals surface area contributed by atoms with E-state index in [0.29, 0.717) is 57.5 Å². The van der Waals surface area contributed by atoms with E-state index in [4.69, 9.17) is 4.98 Å². The van der Waals surface area contributed by atoms with Crippen molar-refractivity contribution in [3.8, 4) is 0 Å². The zero-order valence-electron chi connectivity index (χ0n) is 26.3. The van der Waals surface area contributed by atoms with Gasteiger partial charge in [-0.3, -0.25) is 19.2 Å². The van der Waals surface area contributed by atoms with E-state index in [9.17, 15) is 23.6 Å². The first-order chi connectivity index (χ1) is 21.5. The summed E-state index contributed by atoms with van der Waals surface area (Å²) in [7, 11) is 0. The molecule has 3 fully saturated rings. The molecule has 4 amide bonds. The number of nitrogens with zero attached hydrogens (tertiary/aromatic N) is 4. The second kappa shape index (κ2) is 12.8. The Morgan fingerprint density at radius 1 is 1.09 bits per heavy atom. The fraction of sp³-hybridized carbons (Fsp3) is 0.606. The number of amides is 4. The lowest BCUT2D eigenvalue weighted by atomic mass is 9.83. The molecule has 1 aromatic heterocycles. The van der Waals surface area contributed by atoms with Gasteiger partial charge in [0.15, 0.2) is 0 Å². The molecule has 5 aliphatic rings. The summed E-state index contributed by atoms with van der Waals surface area (Å²) >= 11 is 1.63. The maximum atomic E-state index is 14.2. The van der Waals surface area contributed by atoms with E-state index in [1.807, 2.05) is 11.8 Å². The molecule has 12 heteroatoms. The lowest BCUT2D eigenvalue weighted by Gasteiger charge is -2.43. The van der Waals surface area contributed by atoms with Crippen molar-refractivity contribution in [1.29, 1.82) is 0 Å². The minimum atomic E-state index is -0.881. The Bertz CT molecular complexity index is 1450. The van der Waals surface area contributed by atoms with Gasteiger partial charge >= 0.3 is 0 Å². The molecule has 4 bridgehead atoms. The Morgan fingerprint density at radius 2 is 1.78 bits per heavy atom. The molecule has 0 radical (unpaired) electrons. The summed E-state index contributed by atoms with van der Waals surface area (Å²) in [5.74, 6) is -0.735. The van der Waals surface area contributed by atoms with E-state index in [2.05, 4.69) is 24.5 Å². The molecule has 3 saturated heterocycles. The van der Waals surface area contributed by atoms with Gasteiger partial charge in [0.05, 0.1) is 29.1 Å². The molecule has 0 aliphatic carbocycles. The minimum absolute atomic E-state index is 0.000329. The number of piperidine rings is 2. The van der Waals surface area contributed by atoms with Crippen LogP contribution in [0.2, 0.25) is 0 Å². The Hall–Kier alpha value is -3.38. The number of rotatable bonds is 3. The predicted molar refractivity (Wildman–Crippen MR) is 168 cm³/mol. The zero-order chi connectivity index (χ0) is 31.9. The van der Waals surface area contributed by atoms with Crippen molar-refractivity contribution in [3.63, 3.8) is 0 Å². The number of hydrogen-bond donors (Lipinski definition) is 2. The number of aromatic nitrogens is 1. The average molecular weight is 639 g/mol. The number of carbonyl (C=O) groups is 4. The Kier molecular flexibility index (Phi) is 8.98. The van der Waals surface area contributed by atoms with Gasteiger partial charge in [0, 0.05) is 61.2 Å². The van der Waals surface area contributed by atoms with Crippen LogP contribution in [0.3, 0.4) is 0 Å². The van der Waals surface area contributed by atoms with Crippen LogP contribution in [0.4, 0.5) is 4.39 Å². The fourth-order valence-electron chi connectivity index (χ4n) is 7.43. The molecule has 5 aliphatic heterocycles. The first-order valence-corrected chi connectivity index (χ1v) is 17.0. The average Bonchev–Trinajstić information content (AvgIpc) is 3.59. The van der Waals surface area contributed by atoms with Gasteiger partial charge in [-0.25, -0.2) is 9.37 Å². The van der Waals surface area contributed by atoms with Crippen LogP contribution in [0.5, 0.6) is 0 Å². The van der Waals surface area contributed by atoms with Crippen LogP contribution in [0.1, 0.15) is 84.2 Å². The summed E-state index contributed by atoms with van der Waals surface area (Å²) in [5.41, 5.74) is 0.269. The van der Waals surface area contributed by atoms with Gasteiger partial charge in [0.25, 0.3) is 5.91 Å². The summed E-state index contributed by atoms with van der Waals surface area (Å²) in [6.45, 7) is 8.46. The fourth-order valence-corrected chi connectivity index (χ4v) is 8.53. The molecule has 10 nitrogen and oxygen atoms in total. The monoisotopic (exact) mass is 638 g/mol. The van der Waals surface area contributed by atoms with Gasteiger partial charge in [0.1, 0.15) is 11.9 Å². The van der Waals surface area contributed by atoms with Crippen molar-refractivity contribution in [2.45, 2.75) is 95.3 Å². The molecule has 1 aromatic carbocycles. The maximum Gasteiger partial charge on any atom is 0.253 e. The lowest BCUT2D eigenvalue weighted by Crippen LogP contribution is -2.59. The van der Waals surface area contributed by atoms with Crippen molar-refractivity contribution < 1.29 is 23.6 Å². The number of halogens is 1. The van der Waals surface area contributed by atoms with Crippen molar-refractivity contribution in [1.82, 2.24) is 30.3 Å². The smallest absolute Gasteiger partial charge is 0.253 e. The molecular weight excluding hydrogens is 595 g/mol. The normalized spacial score (nSPS) is 24.5. The van der Waals surface area contributed by atoms with E-state index in [0.717, 1.165) is 28.4 Å². The van der Waals surface area contributed by atoms with Crippen LogP contribution in [0, 0.1) is 12.7 Å². The van der Waals surface area contributed by atoms with E-state index < -0.39 is 17.4 Å². The first kappa shape index (κ1) is 31.6. The van der Waals surface area contributed by atoms with E-state index in [-0.39, 0.29) is 54.5 Å². The molecule has 0 unspecified atom stereocenters. The molecule has 2 aromatic rings. The van der Waals surface area contributed by atoms with Crippen molar-refractivity contribution in [2.75, 3.05) is 32.7 Å². The number of benzene rings is 1. The van der Waals surface area contributed by atoms with Gasteiger partial charge in [0.2, 0.25) is 17.7 Å². The van der Waals surface area contributed by atoms with Gasteiger partial charge in [-0.05, 0) is 63.3 Å². The van der Waals surface area contributed by atoms with E-state index in [1.165, 1.54) is 24.3 Å². The largest absolute Gasteiger partial charge is 0.350 e. The second-order valence-electron chi connectivity index (χ2n) is 13.5. The third-order valence-corrected chi connectivity index (χ3v) is 11.0. The van der Waals surface area contributed by atoms with Crippen LogP contribution in [-0.2, 0) is 20.8 Å². The molecule has 242 valence electrons. The summed E-state index contributed by atoms with van der Waals surface area (Å²) in [6, 6.07) is 5.13. The van der Waals surface area contributed by atoms with Crippen LogP contribution < -0.4 is 10.6 Å². The maximum absolute atomic E-state index is 14.2. The Balaban J connectivity index is 1.28. The molecule has 2 N–H and O–H groups in total. The number of thiazole rings is 1. The van der Waals surface area contributed by atoms with Crippen molar-refractivity contribution in [3.05, 3.63) is 51.2 Å². The Morgan fingerprint density at radius 3 is 2.44 bits per heavy atom. The Labute approximate surface area is 267 Å². The van der Waals surface area contributed by atoms with Gasteiger partial charge in [-0.15, -0.1) is 11.3 Å². The molecule has 2 atom stereocenters. The van der Waals surface area contributed by atoms with Crippen LogP contribution in [0.15, 0.2) is 24.3 Å². The second-order valence-corrected chi connectivity index (χ2v) is 14.7. The minimum Gasteiger partial charge on any atom is -0.350 e. The zero-order valence-corrected chi connectivity index (χ0v) is 27.1. The summed E-state index contributed by atoms with van der Waals surface area (Å²) in [6.07, 6.45) is 3.11. The highest BCUT2D eigenvalue weighted by Gasteiger charge is 2.46. The number of likely N-dealkylation sites (tertiary alicyclic amines) is 1. The first-order valence-electron chi connectivity index (χ1n) is 16.2. The number of aryl methyl sites for hydroxylation is 1. The summed E-state index contributed by atoms with van der Waals surface area (Å²) < 4.78 is 13.5. The highest BCUT2D eigenvalue weighted by molar-refractivity contribution is 7.11. The lowest BCUT2D eigenvalue weighted by molar-refractivity contribution is -0.145. The van der Waals surface area contributed by atoms with Gasteiger partial charge < -0.3 is 25.3 Å². The highest BCUT2D eigenvalue weighted by atomic mass is 32.1. The van der Waals surface area contributed by atoms with Crippen molar-refractivity contribution >= 4 is 35.0 Å². The highest BCUT2D eigenvalue weighted by Crippen LogP contribution is 2.35. The third kappa shape index (κ3) is 6.77. The number of fused-ring (bicyclic) bond motifs is 5. The number of carbonyl (C=O) groups excluding carboxylic acids is 4. The molecule has 45 heavy (non-hydrogen) atoms. The van der Waals surface area contributed by atoms with Crippen molar-refractivity contribution in [2.24, 2.45) is 0 Å². The molecule has 0 saturated carbocycles. The van der Waals surface area contributed by atoms with Gasteiger partial charge in [-0.1, -0.05) is 13.8 Å². The van der Waals surface area contributed by atoms with Crippen LogP contribution in [-0.4, -0.2) is 99.7 Å². The molecule has 6 heterocycles. The molecule has 7 rings (SSSR count). The summed E-state index contributed by atoms with van der Waals surface area (Å²) in [4.78, 5) is 66.3. The van der Waals surface area contributed by atoms with Crippen LogP contribution in [0.25, 0.3) is 0 Å². The predicted octanol–water partition coefficient (Wildman–Crippen LogP) is 3.00. The number of nitrogens with one attached hydrogen (secondary N) is 2. The third-order valence-electron chi connectivity index (χ3n) is 9.86. The number of hydrogen-bond acceptors (Lipinski definition) is 7. The summed E-state index contributed by atoms with van der Waals surface area (Å²) in [5, 5.41) is 7.78. The van der Waals surface area contributed by atoms with Crippen LogP contribution >= 0.6 is 11.3 Å². The molecule has 1 spiro atoms. The topological polar surface area (TPSA) is 115 Å².